The van der Waals surface area contributed by atoms with Crippen molar-refractivity contribution in [2.75, 3.05) is 4.72 Å². The number of hydrogen-bond donors (Lipinski definition) is 3. The molecule has 3 N–H and O–H groups in total. The number of sulfonamides is 1. The zero-order chi connectivity index (χ0) is 24.5. The van der Waals surface area contributed by atoms with E-state index in [1.54, 1.807) is 43.3 Å². The highest BCUT2D eigenvalue weighted by Crippen LogP contribution is 2.43. The van der Waals surface area contributed by atoms with E-state index >= 15 is 0 Å². The Hall–Kier alpha value is -3.27. The molecule has 4 rings (SSSR count). The molecule has 0 radical (unpaired) electrons. The molecule has 0 saturated carbocycles. The van der Waals surface area contributed by atoms with Crippen LogP contribution in [0.4, 0.5) is 5.69 Å². The fourth-order valence-electron chi connectivity index (χ4n) is 3.48. The maximum atomic E-state index is 13.2. The number of phenolic OH excluding ortho intramolecular Hbond substituents is 2. The van der Waals surface area contributed by atoms with Crippen molar-refractivity contribution >= 4 is 61.7 Å². The van der Waals surface area contributed by atoms with Gasteiger partial charge in [0.15, 0.2) is 4.34 Å². The van der Waals surface area contributed by atoms with Gasteiger partial charge in [-0.25, -0.2) is 13.4 Å². The van der Waals surface area contributed by atoms with Gasteiger partial charge in [-0.15, -0.1) is 11.3 Å². The van der Waals surface area contributed by atoms with E-state index in [1.807, 2.05) is 19.1 Å². The SMILES string of the molecule is C=C/C=c1/sc(Sc2cc(NS(=O)(=O)c3cccc(O)c3C)c3ccccc3c2O)n/c1=C/C. The van der Waals surface area contributed by atoms with E-state index in [9.17, 15) is 18.6 Å². The highest BCUT2D eigenvalue weighted by molar-refractivity contribution is 8.01. The van der Waals surface area contributed by atoms with E-state index in [1.165, 1.54) is 41.3 Å². The molecule has 174 valence electrons. The lowest BCUT2D eigenvalue weighted by atomic mass is 10.1. The number of phenols is 2. The van der Waals surface area contributed by atoms with Gasteiger partial charge < -0.3 is 10.2 Å². The average Bonchev–Trinajstić information content (AvgIpc) is 3.20. The summed E-state index contributed by atoms with van der Waals surface area (Å²) < 4.78 is 30.7. The standard InChI is InChI=1S/C25H22N2O4S3/c1-4-9-21-18(5-2)26-25(32-21)33-22-14-19(16-10-6-7-11-17(16)24(22)29)27-34(30,31)23-13-8-12-20(28)15(23)3/h4-14,27-29H,1H2,2-3H3/b18-5+,21-9+. The Morgan fingerprint density at radius 2 is 1.85 bits per heavy atom. The van der Waals surface area contributed by atoms with Crippen molar-refractivity contribution in [3.8, 4) is 11.5 Å². The molecule has 0 spiro atoms. The second kappa shape index (κ2) is 9.54. The topological polar surface area (TPSA) is 99.5 Å². The van der Waals surface area contributed by atoms with Crippen molar-refractivity contribution in [1.82, 2.24) is 4.98 Å². The molecule has 4 aromatic rings. The monoisotopic (exact) mass is 510 g/mol. The second-order valence-electron chi connectivity index (χ2n) is 7.34. The van der Waals surface area contributed by atoms with Crippen molar-refractivity contribution in [3.63, 3.8) is 0 Å². The van der Waals surface area contributed by atoms with E-state index in [4.69, 9.17) is 0 Å². The molecule has 1 heterocycles. The van der Waals surface area contributed by atoms with Crippen LogP contribution in [0.3, 0.4) is 0 Å². The number of fused-ring (bicyclic) bond motifs is 1. The van der Waals surface area contributed by atoms with Crippen LogP contribution < -0.4 is 14.6 Å². The molecule has 0 aliphatic carbocycles. The van der Waals surface area contributed by atoms with E-state index in [0.717, 1.165) is 9.88 Å². The molecule has 0 fully saturated rings. The molecular formula is C25H22N2O4S3. The molecule has 34 heavy (non-hydrogen) atoms. The minimum Gasteiger partial charge on any atom is -0.508 e. The van der Waals surface area contributed by atoms with Crippen LogP contribution in [-0.4, -0.2) is 23.6 Å². The minimum atomic E-state index is -4.01. The van der Waals surface area contributed by atoms with Gasteiger partial charge >= 0.3 is 0 Å². The Balaban J connectivity index is 1.84. The first-order valence-corrected chi connectivity index (χ1v) is 13.4. The summed E-state index contributed by atoms with van der Waals surface area (Å²) in [5.41, 5.74) is 0.570. The number of benzene rings is 3. The quantitative estimate of drug-likeness (QED) is 0.324. The fourth-order valence-corrected chi connectivity index (χ4v) is 7.00. The molecule has 0 unspecified atom stereocenters. The Morgan fingerprint density at radius 3 is 2.56 bits per heavy atom. The van der Waals surface area contributed by atoms with Crippen molar-refractivity contribution in [2.45, 2.75) is 28.0 Å². The number of allylic oxidation sites excluding steroid dienone is 1. The summed E-state index contributed by atoms with van der Waals surface area (Å²) in [5, 5.41) is 22.8. The van der Waals surface area contributed by atoms with Crippen LogP contribution in [0.2, 0.25) is 0 Å². The molecular weight excluding hydrogens is 488 g/mol. The highest BCUT2D eigenvalue weighted by Gasteiger charge is 2.22. The van der Waals surface area contributed by atoms with Crippen LogP contribution in [0.1, 0.15) is 12.5 Å². The van der Waals surface area contributed by atoms with Gasteiger partial charge in [0.05, 0.1) is 25.4 Å². The maximum absolute atomic E-state index is 13.2. The molecule has 0 saturated heterocycles. The zero-order valence-corrected chi connectivity index (χ0v) is 20.9. The Bertz CT molecular complexity index is 1640. The van der Waals surface area contributed by atoms with Gasteiger partial charge in [0.2, 0.25) is 0 Å². The van der Waals surface area contributed by atoms with Gasteiger partial charge in [0.25, 0.3) is 10.0 Å². The van der Waals surface area contributed by atoms with Gasteiger partial charge in [-0.1, -0.05) is 60.8 Å². The number of nitrogens with zero attached hydrogens (tertiary/aromatic N) is 1. The normalized spacial score (nSPS) is 12.9. The Labute approximate surface area is 205 Å². The van der Waals surface area contributed by atoms with Crippen LogP contribution in [0.15, 0.2) is 75.3 Å². The molecule has 0 aliphatic heterocycles. The summed E-state index contributed by atoms with van der Waals surface area (Å²) in [4.78, 5) is 5.05. The van der Waals surface area contributed by atoms with Crippen molar-refractivity contribution in [2.24, 2.45) is 0 Å². The summed E-state index contributed by atoms with van der Waals surface area (Å²) in [7, 11) is -4.01. The van der Waals surface area contributed by atoms with E-state index in [2.05, 4.69) is 16.3 Å². The first kappa shape index (κ1) is 23.9. The molecule has 3 aromatic carbocycles. The molecule has 0 bridgehead atoms. The summed E-state index contributed by atoms with van der Waals surface area (Å²) in [6.07, 6.45) is 5.46. The summed E-state index contributed by atoms with van der Waals surface area (Å²) >= 11 is 2.71. The van der Waals surface area contributed by atoms with Crippen molar-refractivity contribution in [3.05, 3.63) is 76.6 Å². The number of rotatable bonds is 6. The predicted octanol–water partition coefficient (Wildman–Crippen LogP) is 4.73. The molecule has 6 nitrogen and oxygen atoms in total. The van der Waals surface area contributed by atoms with Crippen LogP contribution in [0.5, 0.6) is 11.5 Å². The lowest BCUT2D eigenvalue weighted by Gasteiger charge is -2.15. The number of aromatic hydroxyl groups is 2. The summed E-state index contributed by atoms with van der Waals surface area (Å²) in [6.45, 7) is 7.18. The first-order valence-electron chi connectivity index (χ1n) is 10.2. The maximum Gasteiger partial charge on any atom is 0.262 e. The van der Waals surface area contributed by atoms with Gasteiger partial charge in [-0.2, -0.15) is 0 Å². The Kier molecular flexibility index (Phi) is 6.70. The van der Waals surface area contributed by atoms with E-state index < -0.39 is 10.0 Å². The van der Waals surface area contributed by atoms with E-state index in [-0.39, 0.29) is 22.0 Å². The van der Waals surface area contributed by atoms with Gasteiger partial charge in [-0.05, 0) is 38.1 Å². The minimum absolute atomic E-state index is 0.0217. The smallest absolute Gasteiger partial charge is 0.262 e. The third-order valence-electron chi connectivity index (χ3n) is 5.17. The predicted molar refractivity (Wildman–Crippen MR) is 140 cm³/mol. The van der Waals surface area contributed by atoms with Gasteiger partial charge in [-0.3, -0.25) is 4.72 Å². The molecule has 0 aliphatic rings. The highest BCUT2D eigenvalue weighted by atomic mass is 32.2. The average molecular weight is 511 g/mol. The lowest BCUT2D eigenvalue weighted by Crippen LogP contribution is -2.19. The molecule has 0 atom stereocenters. The first-order chi connectivity index (χ1) is 16.2. The third kappa shape index (κ3) is 4.54. The second-order valence-corrected chi connectivity index (χ2v) is 11.3. The number of aromatic nitrogens is 1. The lowest BCUT2D eigenvalue weighted by molar-refractivity contribution is 0.468. The van der Waals surface area contributed by atoms with Crippen molar-refractivity contribution in [1.29, 1.82) is 0 Å². The number of thiazole rings is 1. The van der Waals surface area contributed by atoms with Crippen LogP contribution >= 0.6 is 23.1 Å². The number of nitrogens with one attached hydrogen (secondary N) is 1. The molecule has 0 amide bonds. The van der Waals surface area contributed by atoms with Crippen LogP contribution in [0.25, 0.3) is 22.9 Å². The van der Waals surface area contributed by atoms with Gasteiger partial charge in [0.1, 0.15) is 11.5 Å². The zero-order valence-electron chi connectivity index (χ0n) is 18.4. The summed E-state index contributed by atoms with van der Waals surface area (Å²) in [5.74, 6) is -0.0577. The van der Waals surface area contributed by atoms with Crippen LogP contribution in [0, 0.1) is 6.92 Å². The van der Waals surface area contributed by atoms with Crippen LogP contribution in [-0.2, 0) is 10.0 Å². The fraction of sp³-hybridized carbons (Fsp3) is 0.0800. The van der Waals surface area contributed by atoms with Gasteiger partial charge in [0, 0.05) is 16.3 Å². The largest absolute Gasteiger partial charge is 0.508 e. The van der Waals surface area contributed by atoms with Crippen molar-refractivity contribution < 1.29 is 18.6 Å². The number of hydrogen-bond acceptors (Lipinski definition) is 7. The van der Waals surface area contributed by atoms with E-state index in [0.29, 0.717) is 25.7 Å². The summed E-state index contributed by atoms with van der Waals surface area (Å²) in [6, 6.07) is 13.0. The molecule has 9 heteroatoms. The number of anilines is 1. The third-order valence-corrected chi connectivity index (χ3v) is 8.81. The molecule has 1 aromatic heterocycles. The Morgan fingerprint density at radius 1 is 1.12 bits per heavy atom.